The van der Waals surface area contributed by atoms with E-state index in [1.807, 2.05) is 36.0 Å². The third-order valence-electron chi connectivity index (χ3n) is 3.10. The van der Waals surface area contributed by atoms with Gasteiger partial charge < -0.3 is 5.11 Å². The number of aryl methyl sites for hydroxylation is 1. The van der Waals surface area contributed by atoms with Crippen LogP contribution in [0.25, 0.3) is 10.9 Å². The van der Waals surface area contributed by atoms with Crippen LogP contribution in [0.1, 0.15) is 17.6 Å². The lowest BCUT2D eigenvalue weighted by molar-refractivity contribution is 0.167. The minimum absolute atomic E-state index is 0.408. The third kappa shape index (κ3) is 2.20. The normalized spacial score (nSPS) is 12.7. The lowest BCUT2D eigenvalue weighted by Gasteiger charge is -2.06. The first-order chi connectivity index (χ1) is 9.25. The van der Waals surface area contributed by atoms with E-state index in [1.54, 1.807) is 18.5 Å². The van der Waals surface area contributed by atoms with Crippen LogP contribution in [0.15, 0.2) is 42.7 Å². The van der Waals surface area contributed by atoms with Crippen LogP contribution < -0.4 is 0 Å². The molecule has 96 valence electrons. The summed E-state index contributed by atoms with van der Waals surface area (Å²) >= 11 is 0. The van der Waals surface area contributed by atoms with Crippen LogP contribution in [0.4, 0.5) is 0 Å². The number of para-hydroxylation sites is 1. The SMILES string of the molecule is Cn1nc(CC(O)c2ncccn2)c2ccccc21. The highest BCUT2D eigenvalue weighted by Gasteiger charge is 2.16. The number of hydrogen-bond donors (Lipinski definition) is 1. The fourth-order valence-electron chi connectivity index (χ4n) is 2.20. The number of fused-ring (bicyclic) bond motifs is 1. The van der Waals surface area contributed by atoms with Crippen LogP contribution >= 0.6 is 0 Å². The van der Waals surface area contributed by atoms with Gasteiger partial charge in [-0.3, -0.25) is 4.68 Å². The minimum atomic E-state index is -0.737. The fourth-order valence-corrected chi connectivity index (χ4v) is 2.20. The maximum atomic E-state index is 10.2. The highest BCUT2D eigenvalue weighted by molar-refractivity contribution is 5.81. The molecule has 5 nitrogen and oxygen atoms in total. The molecule has 1 unspecified atom stereocenters. The van der Waals surface area contributed by atoms with Crippen molar-refractivity contribution in [1.82, 2.24) is 19.7 Å². The molecule has 1 N–H and O–H groups in total. The Hall–Kier alpha value is -2.27. The predicted molar refractivity (Wildman–Crippen MR) is 71.4 cm³/mol. The number of rotatable bonds is 3. The van der Waals surface area contributed by atoms with Gasteiger partial charge >= 0.3 is 0 Å². The average Bonchev–Trinajstić information content (AvgIpc) is 2.77. The van der Waals surface area contributed by atoms with Crippen LogP contribution in [-0.4, -0.2) is 24.9 Å². The molecule has 2 aromatic heterocycles. The Kier molecular flexibility index (Phi) is 2.97. The zero-order chi connectivity index (χ0) is 13.2. The molecule has 3 rings (SSSR count). The van der Waals surface area contributed by atoms with E-state index >= 15 is 0 Å². The molecule has 1 aromatic carbocycles. The van der Waals surface area contributed by atoms with E-state index in [9.17, 15) is 5.11 Å². The minimum Gasteiger partial charge on any atom is -0.385 e. The summed E-state index contributed by atoms with van der Waals surface area (Å²) in [5.74, 6) is 0.428. The standard InChI is InChI=1S/C14H14N4O/c1-18-12-6-3-2-5-10(12)11(17-18)9-13(19)14-15-7-4-8-16-14/h2-8,13,19H,9H2,1H3. The quantitative estimate of drug-likeness (QED) is 0.771. The summed E-state index contributed by atoms with van der Waals surface area (Å²) in [6, 6.07) is 9.70. The Morgan fingerprint density at radius 1 is 1.16 bits per heavy atom. The zero-order valence-corrected chi connectivity index (χ0v) is 10.6. The second kappa shape index (κ2) is 4.78. The van der Waals surface area contributed by atoms with Gasteiger partial charge in [0.15, 0.2) is 5.82 Å². The first-order valence-corrected chi connectivity index (χ1v) is 6.11. The van der Waals surface area contributed by atoms with E-state index in [4.69, 9.17) is 0 Å². The van der Waals surface area contributed by atoms with Crippen molar-refractivity contribution >= 4 is 10.9 Å². The summed E-state index contributed by atoms with van der Waals surface area (Å²) in [4.78, 5) is 8.13. The summed E-state index contributed by atoms with van der Waals surface area (Å²) in [5.41, 5.74) is 1.91. The van der Waals surface area contributed by atoms with Crippen LogP contribution in [0.2, 0.25) is 0 Å². The third-order valence-corrected chi connectivity index (χ3v) is 3.10. The fraction of sp³-hybridized carbons (Fsp3) is 0.214. The molecule has 2 heterocycles. The van der Waals surface area contributed by atoms with Gasteiger partial charge in [-0.1, -0.05) is 18.2 Å². The van der Waals surface area contributed by atoms with Gasteiger partial charge in [0.2, 0.25) is 0 Å². The molecule has 0 aliphatic carbocycles. The molecule has 0 saturated carbocycles. The molecule has 5 heteroatoms. The Morgan fingerprint density at radius 2 is 1.89 bits per heavy atom. The predicted octanol–water partition coefficient (Wildman–Crippen LogP) is 1.64. The molecule has 0 bridgehead atoms. The summed E-state index contributed by atoms with van der Waals surface area (Å²) in [6.45, 7) is 0. The molecule has 3 aromatic rings. The van der Waals surface area contributed by atoms with E-state index < -0.39 is 6.10 Å². The number of hydrogen-bond acceptors (Lipinski definition) is 4. The largest absolute Gasteiger partial charge is 0.385 e. The molecular formula is C14H14N4O. The van der Waals surface area contributed by atoms with Crippen LogP contribution in [0.3, 0.4) is 0 Å². The summed E-state index contributed by atoms with van der Waals surface area (Å²) in [5, 5.41) is 15.7. The highest BCUT2D eigenvalue weighted by Crippen LogP contribution is 2.22. The summed E-state index contributed by atoms with van der Waals surface area (Å²) < 4.78 is 1.82. The van der Waals surface area contributed by atoms with Crippen LogP contribution in [-0.2, 0) is 13.5 Å². The van der Waals surface area contributed by atoms with Gasteiger partial charge in [-0.05, 0) is 12.1 Å². The maximum Gasteiger partial charge on any atom is 0.157 e. The molecule has 0 fully saturated rings. The van der Waals surface area contributed by atoms with Gasteiger partial charge in [0.1, 0.15) is 6.10 Å². The number of aromatic nitrogens is 4. The lowest BCUT2D eigenvalue weighted by Crippen LogP contribution is -2.07. The second-order valence-corrected chi connectivity index (χ2v) is 4.41. The van der Waals surface area contributed by atoms with E-state index in [0.717, 1.165) is 16.6 Å². The van der Waals surface area contributed by atoms with Gasteiger partial charge in [-0.2, -0.15) is 5.10 Å². The van der Waals surface area contributed by atoms with E-state index in [-0.39, 0.29) is 0 Å². The Labute approximate surface area is 110 Å². The maximum absolute atomic E-state index is 10.2. The monoisotopic (exact) mass is 254 g/mol. The van der Waals surface area contributed by atoms with Gasteiger partial charge in [0.05, 0.1) is 11.2 Å². The number of aliphatic hydroxyl groups is 1. The van der Waals surface area contributed by atoms with E-state index in [0.29, 0.717) is 12.2 Å². The molecule has 19 heavy (non-hydrogen) atoms. The summed E-state index contributed by atoms with van der Waals surface area (Å²) in [7, 11) is 1.90. The number of benzene rings is 1. The molecule has 0 spiro atoms. The van der Waals surface area contributed by atoms with Crippen molar-refractivity contribution in [3.8, 4) is 0 Å². The Morgan fingerprint density at radius 3 is 2.68 bits per heavy atom. The molecular weight excluding hydrogens is 240 g/mol. The van der Waals surface area contributed by atoms with Crippen molar-refractivity contribution in [2.75, 3.05) is 0 Å². The van der Waals surface area contributed by atoms with Crippen LogP contribution in [0, 0.1) is 0 Å². The molecule has 1 atom stereocenters. The Balaban J connectivity index is 1.94. The van der Waals surface area contributed by atoms with Crippen molar-refractivity contribution in [1.29, 1.82) is 0 Å². The summed E-state index contributed by atoms with van der Waals surface area (Å²) in [6.07, 6.45) is 2.93. The lowest BCUT2D eigenvalue weighted by atomic mass is 10.1. The van der Waals surface area contributed by atoms with Crippen molar-refractivity contribution in [2.24, 2.45) is 7.05 Å². The number of nitrogens with zero attached hydrogens (tertiary/aromatic N) is 4. The first-order valence-electron chi connectivity index (χ1n) is 6.11. The molecule has 0 aliphatic rings. The molecule has 0 radical (unpaired) electrons. The Bertz CT molecular complexity index is 693. The van der Waals surface area contributed by atoms with Gasteiger partial charge in [0.25, 0.3) is 0 Å². The molecule has 0 saturated heterocycles. The van der Waals surface area contributed by atoms with Crippen LogP contribution in [0.5, 0.6) is 0 Å². The smallest absolute Gasteiger partial charge is 0.157 e. The highest BCUT2D eigenvalue weighted by atomic mass is 16.3. The topological polar surface area (TPSA) is 63.8 Å². The average molecular weight is 254 g/mol. The second-order valence-electron chi connectivity index (χ2n) is 4.41. The van der Waals surface area contributed by atoms with Crippen molar-refractivity contribution in [3.63, 3.8) is 0 Å². The molecule has 0 aliphatic heterocycles. The van der Waals surface area contributed by atoms with E-state index in [2.05, 4.69) is 15.1 Å². The molecule has 0 amide bonds. The van der Waals surface area contributed by atoms with Crippen molar-refractivity contribution in [2.45, 2.75) is 12.5 Å². The van der Waals surface area contributed by atoms with Gasteiger partial charge in [-0.25, -0.2) is 9.97 Å². The first kappa shape index (κ1) is 11.8. The van der Waals surface area contributed by atoms with Crippen molar-refractivity contribution in [3.05, 3.63) is 54.2 Å². The van der Waals surface area contributed by atoms with Crippen molar-refractivity contribution < 1.29 is 5.11 Å². The number of aliphatic hydroxyl groups excluding tert-OH is 1. The van der Waals surface area contributed by atoms with E-state index in [1.165, 1.54) is 0 Å². The van der Waals surface area contributed by atoms with Gasteiger partial charge in [0, 0.05) is 31.2 Å². The van der Waals surface area contributed by atoms with Gasteiger partial charge in [-0.15, -0.1) is 0 Å². The zero-order valence-electron chi connectivity index (χ0n) is 10.6.